The van der Waals surface area contributed by atoms with Crippen molar-refractivity contribution in [1.82, 2.24) is 14.0 Å². The highest BCUT2D eigenvalue weighted by atomic mass is 32.2. The average Bonchev–Trinajstić information content (AvgIpc) is 3.28. The van der Waals surface area contributed by atoms with Gasteiger partial charge in [-0.25, -0.2) is 22.4 Å². The van der Waals surface area contributed by atoms with Crippen LogP contribution in [0, 0.1) is 17.0 Å². The van der Waals surface area contributed by atoms with E-state index in [0.717, 1.165) is 28.6 Å². The zero-order valence-corrected chi connectivity index (χ0v) is 18.2. The van der Waals surface area contributed by atoms with Crippen molar-refractivity contribution in [2.45, 2.75) is 55.7 Å². The highest BCUT2D eigenvalue weighted by Crippen LogP contribution is 2.39. The maximum atomic E-state index is 13.2. The minimum absolute atomic E-state index is 0.0601. The van der Waals surface area contributed by atoms with Crippen molar-refractivity contribution in [2.75, 3.05) is 5.43 Å². The molecule has 2 fully saturated rings. The number of hydrogen-bond donors (Lipinski definition) is 2. The Labute approximate surface area is 184 Å². The molecule has 2 aromatic heterocycles. The molecule has 10 nitrogen and oxygen atoms in total. The second-order valence-corrected chi connectivity index (χ2v) is 10.3. The summed E-state index contributed by atoms with van der Waals surface area (Å²) in [5, 5.41) is 24.1. The number of aliphatic hydroxyl groups excluding tert-OH is 1. The standard InChI is InChI=1S/C21H23N5O5S/c1-13-2-6-17(7-3-13)32(30,31)24-9-8-18-20(19(26(28)29)12-22-21(18)24)23-25-14-4-5-15(25)11-16(27)10-14/h2-3,6-9,12,14-16,27H,4-5,10-11H2,1H3,(H,22,23). The average molecular weight is 458 g/mol. The Balaban J connectivity index is 1.60. The molecule has 3 aromatic rings. The van der Waals surface area contributed by atoms with E-state index in [9.17, 15) is 23.6 Å². The van der Waals surface area contributed by atoms with Gasteiger partial charge in [0.1, 0.15) is 11.9 Å². The number of piperidine rings is 1. The minimum atomic E-state index is -3.93. The lowest BCUT2D eigenvalue weighted by Crippen LogP contribution is -2.47. The summed E-state index contributed by atoms with van der Waals surface area (Å²) in [5.41, 5.74) is 4.23. The maximum absolute atomic E-state index is 13.2. The summed E-state index contributed by atoms with van der Waals surface area (Å²) in [6, 6.07) is 8.13. The summed E-state index contributed by atoms with van der Waals surface area (Å²) < 4.78 is 27.5. The van der Waals surface area contributed by atoms with Gasteiger partial charge < -0.3 is 10.5 Å². The number of benzene rings is 1. The number of nitro groups is 1. The van der Waals surface area contributed by atoms with Crippen molar-refractivity contribution in [3.8, 4) is 0 Å². The van der Waals surface area contributed by atoms with E-state index in [0.29, 0.717) is 18.2 Å². The third kappa shape index (κ3) is 3.33. The number of aryl methyl sites for hydroxylation is 1. The number of aliphatic hydroxyl groups is 1. The van der Waals surface area contributed by atoms with Gasteiger partial charge in [-0.2, -0.15) is 0 Å². The fourth-order valence-electron chi connectivity index (χ4n) is 4.79. The number of nitrogens with zero attached hydrogens (tertiary/aromatic N) is 4. The fourth-order valence-corrected chi connectivity index (χ4v) is 6.09. The van der Waals surface area contributed by atoms with Crippen molar-refractivity contribution in [2.24, 2.45) is 0 Å². The molecule has 0 aliphatic carbocycles. The van der Waals surface area contributed by atoms with Crippen LogP contribution in [0.3, 0.4) is 0 Å². The Morgan fingerprint density at radius 1 is 1.16 bits per heavy atom. The number of anilines is 1. The van der Waals surface area contributed by atoms with Crippen LogP contribution in [0.2, 0.25) is 0 Å². The van der Waals surface area contributed by atoms with E-state index in [1.807, 2.05) is 11.9 Å². The number of rotatable bonds is 5. The van der Waals surface area contributed by atoms with Crippen LogP contribution in [0.4, 0.5) is 11.4 Å². The number of hydrazine groups is 1. The molecule has 2 aliphatic rings. The van der Waals surface area contributed by atoms with Crippen LogP contribution in [-0.2, 0) is 10.0 Å². The molecule has 0 saturated carbocycles. The first-order valence-electron chi connectivity index (χ1n) is 10.5. The van der Waals surface area contributed by atoms with Crippen LogP contribution >= 0.6 is 0 Å². The largest absolute Gasteiger partial charge is 0.393 e. The number of aromatic nitrogens is 2. The Hall–Kier alpha value is -3.02. The first-order valence-corrected chi connectivity index (χ1v) is 11.9. The summed E-state index contributed by atoms with van der Waals surface area (Å²) >= 11 is 0. The quantitative estimate of drug-likeness (QED) is 0.442. The predicted molar refractivity (Wildman–Crippen MR) is 118 cm³/mol. The van der Waals surface area contributed by atoms with Gasteiger partial charge in [0.15, 0.2) is 5.65 Å². The summed E-state index contributed by atoms with van der Waals surface area (Å²) in [5.74, 6) is 0. The Bertz CT molecular complexity index is 1290. The van der Waals surface area contributed by atoms with Crippen molar-refractivity contribution >= 4 is 32.4 Å². The zero-order chi connectivity index (χ0) is 22.6. The van der Waals surface area contributed by atoms with Crippen LogP contribution in [-0.4, -0.2) is 50.6 Å². The van der Waals surface area contributed by atoms with E-state index in [2.05, 4.69) is 10.4 Å². The molecule has 168 valence electrons. The molecule has 5 rings (SSSR count). The topological polar surface area (TPSA) is 131 Å². The van der Waals surface area contributed by atoms with Crippen molar-refractivity contribution in [3.05, 3.63) is 58.4 Å². The van der Waals surface area contributed by atoms with Crippen LogP contribution < -0.4 is 5.43 Å². The van der Waals surface area contributed by atoms with Crippen LogP contribution in [0.5, 0.6) is 0 Å². The highest BCUT2D eigenvalue weighted by Gasteiger charge is 2.41. The molecule has 2 atom stereocenters. The van der Waals surface area contributed by atoms with Crippen molar-refractivity contribution < 1.29 is 18.4 Å². The van der Waals surface area contributed by atoms with Gasteiger partial charge >= 0.3 is 5.69 Å². The summed E-state index contributed by atoms with van der Waals surface area (Å²) in [7, 11) is -3.93. The van der Waals surface area contributed by atoms with Gasteiger partial charge in [0.05, 0.1) is 21.3 Å². The molecule has 0 radical (unpaired) electrons. The normalized spacial score (nSPS) is 23.5. The molecule has 2 N–H and O–H groups in total. The number of pyridine rings is 1. The molecule has 2 unspecified atom stereocenters. The van der Waals surface area contributed by atoms with E-state index >= 15 is 0 Å². The molecular formula is C21H23N5O5S. The van der Waals surface area contributed by atoms with Gasteiger partial charge in [-0.15, -0.1) is 0 Å². The minimum Gasteiger partial charge on any atom is -0.393 e. The van der Waals surface area contributed by atoms with Gasteiger partial charge in [-0.05, 0) is 50.8 Å². The lowest BCUT2D eigenvalue weighted by Gasteiger charge is -2.37. The van der Waals surface area contributed by atoms with Gasteiger partial charge in [0.2, 0.25) is 0 Å². The zero-order valence-electron chi connectivity index (χ0n) is 17.4. The Morgan fingerprint density at radius 3 is 2.44 bits per heavy atom. The lowest BCUT2D eigenvalue weighted by atomic mass is 10.0. The van der Waals surface area contributed by atoms with Crippen LogP contribution in [0.1, 0.15) is 31.2 Å². The van der Waals surface area contributed by atoms with E-state index in [4.69, 9.17) is 0 Å². The first kappa shape index (κ1) is 20.9. The number of hydrogen-bond acceptors (Lipinski definition) is 8. The Morgan fingerprint density at radius 2 is 1.81 bits per heavy atom. The molecule has 1 aromatic carbocycles. The second kappa shape index (κ2) is 7.54. The SMILES string of the molecule is Cc1ccc(S(=O)(=O)n2ccc3c(NN4C5CCC4CC(O)C5)c([N+](=O)[O-])cnc32)cc1. The molecule has 4 heterocycles. The molecule has 2 bridgehead atoms. The highest BCUT2D eigenvalue weighted by molar-refractivity contribution is 7.90. The number of fused-ring (bicyclic) bond motifs is 3. The van der Waals surface area contributed by atoms with Crippen molar-refractivity contribution in [1.29, 1.82) is 0 Å². The number of nitrogens with one attached hydrogen (secondary N) is 1. The van der Waals surface area contributed by atoms with E-state index in [1.165, 1.54) is 24.4 Å². The third-order valence-corrected chi connectivity index (χ3v) is 8.06. The molecule has 11 heteroatoms. The van der Waals surface area contributed by atoms with E-state index in [-0.39, 0.29) is 40.1 Å². The molecule has 0 spiro atoms. The third-order valence-electron chi connectivity index (χ3n) is 6.38. The summed E-state index contributed by atoms with van der Waals surface area (Å²) in [6.07, 6.45) is 5.05. The second-order valence-electron chi connectivity index (χ2n) is 8.47. The molecule has 32 heavy (non-hydrogen) atoms. The monoisotopic (exact) mass is 457 g/mol. The molecular weight excluding hydrogens is 434 g/mol. The fraction of sp³-hybridized carbons (Fsp3) is 0.381. The van der Waals surface area contributed by atoms with E-state index < -0.39 is 14.9 Å². The van der Waals surface area contributed by atoms with Gasteiger partial charge in [0, 0.05) is 18.3 Å². The van der Waals surface area contributed by atoms with Crippen molar-refractivity contribution in [3.63, 3.8) is 0 Å². The lowest BCUT2D eigenvalue weighted by molar-refractivity contribution is -0.384. The van der Waals surface area contributed by atoms with Crippen LogP contribution in [0.25, 0.3) is 11.0 Å². The smallest absolute Gasteiger partial charge is 0.312 e. The summed E-state index contributed by atoms with van der Waals surface area (Å²) in [6.45, 7) is 1.87. The van der Waals surface area contributed by atoms with Gasteiger partial charge in [-0.1, -0.05) is 17.7 Å². The molecule has 2 aliphatic heterocycles. The Kier molecular flexibility index (Phi) is 4.91. The predicted octanol–water partition coefficient (Wildman–Crippen LogP) is 2.80. The molecule has 2 saturated heterocycles. The molecule has 0 amide bonds. The van der Waals surface area contributed by atoms with E-state index in [1.54, 1.807) is 12.1 Å². The van der Waals surface area contributed by atoms with Crippen LogP contribution in [0.15, 0.2) is 47.6 Å². The van der Waals surface area contributed by atoms with Gasteiger partial charge in [-0.3, -0.25) is 10.1 Å². The maximum Gasteiger partial charge on any atom is 0.312 e. The van der Waals surface area contributed by atoms with Gasteiger partial charge in [0.25, 0.3) is 10.0 Å². The first-order chi connectivity index (χ1) is 15.3. The summed E-state index contributed by atoms with van der Waals surface area (Å²) in [4.78, 5) is 15.5.